The molecule has 0 aliphatic heterocycles. The molecular weight excluding hydrogens is 232 g/mol. The van der Waals surface area contributed by atoms with E-state index in [4.69, 9.17) is 3.53 Å². The maximum absolute atomic E-state index is 5.67. The van der Waals surface area contributed by atoms with Crippen molar-refractivity contribution in [3.63, 3.8) is 0 Å². The number of pyridine rings is 1. The molecule has 0 fully saturated rings. The Morgan fingerprint density at radius 2 is 2.14 bits per heavy atom. The molecule has 0 saturated carbocycles. The standard InChI is InChI=1S/C10H9NO.CH3.Ga/c1-7-5-6-11-10-8(7)3-2-4-9(10)12;;/h2-6,12H,1H3;1H3;/q;;+1/p-1. The normalized spacial score (nSPS) is 10.1. The summed E-state index contributed by atoms with van der Waals surface area (Å²) in [6.07, 6.45) is 1.84. The predicted octanol–water partition coefficient (Wildman–Crippen LogP) is 2.59. The zero-order chi connectivity index (χ0) is 9.97. The fourth-order valence-corrected chi connectivity index (χ4v) is 2.44. The molecule has 0 spiro atoms. The van der Waals surface area contributed by atoms with Crippen molar-refractivity contribution in [1.29, 1.82) is 0 Å². The van der Waals surface area contributed by atoms with Crippen LogP contribution in [0.5, 0.6) is 5.75 Å². The van der Waals surface area contributed by atoms with Crippen LogP contribution in [0.1, 0.15) is 5.56 Å². The van der Waals surface area contributed by atoms with Crippen molar-refractivity contribution in [3.8, 4) is 5.75 Å². The zero-order valence-corrected chi connectivity index (χ0v) is 10.7. The van der Waals surface area contributed by atoms with Crippen LogP contribution in [0.25, 0.3) is 10.9 Å². The molecule has 2 aromatic rings. The van der Waals surface area contributed by atoms with Gasteiger partial charge in [0.1, 0.15) is 0 Å². The minimum atomic E-state index is -0.562. The summed E-state index contributed by atoms with van der Waals surface area (Å²) in [6.45, 7) is 2.10. The topological polar surface area (TPSA) is 22.1 Å². The van der Waals surface area contributed by atoms with Gasteiger partial charge in [-0.15, -0.1) is 0 Å². The molecule has 0 amide bonds. The summed E-state index contributed by atoms with van der Waals surface area (Å²) in [5.74, 6) is 0.939. The second-order valence-electron chi connectivity index (χ2n) is 3.13. The number of rotatable bonds is 2. The first-order chi connectivity index (χ1) is 6.83. The van der Waals surface area contributed by atoms with Gasteiger partial charge in [-0.1, -0.05) is 0 Å². The van der Waals surface area contributed by atoms with E-state index in [1.807, 2.05) is 24.4 Å². The summed E-state index contributed by atoms with van der Waals surface area (Å²) in [4.78, 5) is 4.36. The molecule has 0 aliphatic carbocycles. The van der Waals surface area contributed by atoms with Crippen LogP contribution < -0.4 is 3.53 Å². The van der Waals surface area contributed by atoms with Crippen LogP contribution in [-0.4, -0.2) is 22.8 Å². The quantitative estimate of drug-likeness (QED) is 0.756. The molecular formula is C11H11GaNO. The zero-order valence-electron chi connectivity index (χ0n) is 8.32. The van der Waals surface area contributed by atoms with Gasteiger partial charge in [-0.3, -0.25) is 0 Å². The fraction of sp³-hybridized carbons (Fsp3) is 0.182. The number of hydrogen-bond donors (Lipinski definition) is 0. The van der Waals surface area contributed by atoms with E-state index < -0.39 is 17.8 Å². The number of benzene rings is 1. The second kappa shape index (κ2) is 4.06. The monoisotopic (exact) mass is 242 g/mol. The Hall–Kier alpha value is -0.934. The Balaban J connectivity index is 2.68. The van der Waals surface area contributed by atoms with Crippen LogP contribution in [0.3, 0.4) is 0 Å². The van der Waals surface area contributed by atoms with Crippen LogP contribution >= 0.6 is 0 Å². The molecule has 1 aromatic carbocycles. The number of aromatic nitrogens is 1. The average molecular weight is 243 g/mol. The van der Waals surface area contributed by atoms with Gasteiger partial charge in [-0.2, -0.15) is 0 Å². The Morgan fingerprint density at radius 3 is 2.93 bits per heavy atom. The number of fused-ring (bicyclic) bond motifs is 1. The van der Waals surface area contributed by atoms with E-state index in [9.17, 15) is 0 Å². The second-order valence-corrected chi connectivity index (χ2v) is 4.62. The van der Waals surface area contributed by atoms with Crippen molar-refractivity contribution >= 4 is 28.7 Å². The molecule has 0 unspecified atom stereocenters. The minimum absolute atomic E-state index is 0.562. The van der Waals surface area contributed by atoms with Crippen molar-refractivity contribution < 1.29 is 3.53 Å². The summed E-state index contributed by atoms with van der Waals surface area (Å²) in [5.41, 5.74) is 4.38. The van der Waals surface area contributed by atoms with E-state index in [-0.39, 0.29) is 0 Å². The maximum atomic E-state index is 5.67. The first-order valence-electron chi connectivity index (χ1n) is 4.62. The van der Waals surface area contributed by atoms with Gasteiger partial charge in [-0.05, 0) is 0 Å². The third-order valence-electron chi connectivity index (χ3n) is 2.20. The summed E-state index contributed by atoms with van der Waals surface area (Å²) in [6, 6.07) is 8.13. The number of para-hydroxylation sites is 1. The average Bonchev–Trinajstić information content (AvgIpc) is 2.20. The van der Waals surface area contributed by atoms with Gasteiger partial charge in [0, 0.05) is 0 Å². The van der Waals surface area contributed by atoms with Gasteiger partial charge in [0.15, 0.2) is 0 Å². The number of hydrogen-bond acceptors (Lipinski definition) is 2. The van der Waals surface area contributed by atoms with Crippen molar-refractivity contribution in [2.24, 2.45) is 0 Å². The summed E-state index contributed by atoms with van der Waals surface area (Å²) in [7, 11) is 0. The molecule has 0 N–H and O–H groups in total. The first-order valence-corrected chi connectivity index (χ1v) is 8.03. The third kappa shape index (κ3) is 1.65. The molecule has 69 valence electrons. The molecule has 14 heavy (non-hydrogen) atoms. The Kier molecular flexibility index (Phi) is 2.79. The number of aryl methyl sites for hydroxylation is 1. The molecule has 1 heterocycles. The van der Waals surface area contributed by atoms with E-state index in [1.165, 1.54) is 10.9 Å². The van der Waals surface area contributed by atoms with Gasteiger partial charge in [-0.25, -0.2) is 0 Å². The first kappa shape index (κ1) is 9.61. The van der Waals surface area contributed by atoms with Crippen LogP contribution in [0.2, 0.25) is 5.48 Å². The molecule has 0 saturated heterocycles. The van der Waals surface area contributed by atoms with E-state index in [1.54, 1.807) is 0 Å². The molecule has 0 atom stereocenters. The van der Waals surface area contributed by atoms with Crippen LogP contribution in [-0.2, 0) is 0 Å². The van der Waals surface area contributed by atoms with Crippen LogP contribution in [0.4, 0.5) is 0 Å². The van der Waals surface area contributed by atoms with Crippen molar-refractivity contribution in [1.82, 2.24) is 4.98 Å². The molecule has 0 aliphatic rings. The fourth-order valence-electron chi connectivity index (χ4n) is 1.51. The number of nitrogens with zero attached hydrogens (tertiary/aromatic N) is 1. The van der Waals surface area contributed by atoms with Crippen molar-refractivity contribution in [3.05, 3.63) is 36.0 Å². The molecule has 2 rings (SSSR count). The van der Waals surface area contributed by atoms with Gasteiger partial charge < -0.3 is 0 Å². The van der Waals surface area contributed by atoms with Gasteiger partial charge in [0.25, 0.3) is 0 Å². The molecule has 1 radical (unpaired) electrons. The van der Waals surface area contributed by atoms with Crippen LogP contribution in [0.15, 0.2) is 30.5 Å². The van der Waals surface area contributed by atoms with Crippen LogP contribution in [0, 0.1) is 6.92 Å². The van der Waals surface area contributed by atoms with E-state index in [0.29, 0.717) is 0 Å². The van der Waals surface area contributed by atoms with Gasteiger partial charge in [0.2, 0.25) is 0 Å². The summed E-state index contributed by atoms with van der Waals surface area (Å²) in [5, 5.41) is 1.19. The third-order valence-corrected chi connectivity index (χ3v) is 3.22. The molecule has 0 bridgehead atoms. The van der Waals surface area contributed by atoms with E-state index >= 15 is 0 Å². The Morgan fingerprint density at radius 1 is 1.29 bits per heavy atom. The molecule has 3 heteroatoms. The SMILES string of the molecule is [CH3][Ga][O]c1cccc2c(C)ccnc12. The molecule has 1 aromatic heterocycles. The van der Waals surface area contributed by atoms with Gasteiger partial charge in [0.05, 0.1) is 0 Å². The van der Waals surface area contributed by atoms with E-state index in [0.717, 1.165) is 11.3 Å². The summed E-state index contributed by atoms with van der Waals surface area (Å²) < 4.78 is 5.67. The van der Waals surface area contributed by atoms with Crippen molar-refractivity contribution in [2.45, 2.75) is 12.4 Å². The molecule has 2 nitrogen and oxygen atoms in total. The summed E-state index contributed by atoms with van der Waals surface area (Å²) >= 11 is -0.562. The van der Waals surface area contributed by atoms with Gasteiger partial charge >= 0.3 is 91.4 Å². The van der Waals surface area contributed by atoms with Crippen molar-refractivity contribution in [2.75, 3.05) is 0 Å². The Labute approximate surface area is 91.5 Å². The van der Waals surface area contributed by atoms with E-state index in [2.05, 4.69) is 23.5 Å². The Bertz CT molecular complexity index is 456. The predicted molar refractivity (Wildman–Crippen MR) is 58.7 cm³/mol.